The molecule has 0 amide bonds. The molecule has 2 aromatic carbocycles. The Morgan fingerprint density at radius 2 is 1.68 bits per heavy atom. The van der Waals surface area contributed by atoms with Crippen molar-refractivity contribution in [1.29, 1.82) is 0 Å². The molecule has 0 saturated heterocycles. The summed E-state index contributed by atoms with van der Waals surface area (Å²) in [7, 11) is 2.79. The monoisotopic (exact) mass is 472 g/mol. The van der Waals surface area contributed by atoms with Gasteiger partial charge in [0.05, 0.1) is 11.4 Å². The summed E-state index contributed by atoms with van der Waals surface area (Å²) >= 11 is 0. The average molecular weight is 472 g/mol. The van der Waals surface area contributed by atoms with Crippen molar-refractivity contribution in [2.45, 2.75) is 33.6 Å². The van der Waals surface area contributed by atoms with Crippen molar-refractivity contribution in [2.24, 2.45) is 14.1 Å². The molecule has 0 aliphatic heterocycles. The first-order valence-corrected chi connectivity index (χ1v) is 10.4. The Balaban J connectivity index is 1.65. The maximum atomic E-state index is 13.2. The first-order valence-electron chi connectivity index (χ1n) is 10.4. The van der Waals surface area contributed by atoms with E-state index in [9.17, 15) is 18.0 Å². The van der Waals surface area contributed by atoms with E-state index in [0.29, 0.717) is 17.0 Å². The zero-order chi connectivity index (χ0) is 24.8. The van der Waals surface area contributed by atoms with E-state index >= 15 is 0 Å². The van der Waals surface area contributed by atoms with Crippen molar-refractivity contribution >= 4 is 0 Å². The predicted octanol–water partition coefficient (Wildman–Crippen LogP) is 3.89. The van der Waals surface area contributed by atoms with E-state index in [0.717, 1.165) is 37.7 Å². The smallest absolute Gasteiger partial charge is 0.433 e. The standard InChI is InChI=1S/C23H23F3N6O2/c1-13-7-6-8-19(32-22(33)31(5)28-29-32)17(13)12-34-20-10-14(2)16(9-15(20)3)18-11-21(23(24,25)26)30(4)27-18/h6-11H,12H2,1-5H3. The summed E-state index contributed by atoms with van der Waals surface area (Å²) in [4.78, 5) is 12.3. The van der Waals surface area contributed by atoms with Crippen LogP contribution in [0.5, 0.6) is 5.75 Å². The van der Waals surface area contributed by atoms with Gasteiger partial charge in [-0.05, 0) is 72.2 Å². The van der Waals surface area contributed by atoms with Crippen LogP contribution in [0.15, 0.2) is 41.2 Å². The third kappa shape index (κ3) is 4.20. The maximum absolute atomic E-state index is 13.2. The van der Waals surface area contributed by atoms with Crippen LogP contribution in [-0.4, -0.2) is 29.6 Å². The number of hydrogen-bond donors (Lipinski definition) is 0. The highest BCUT2D eigenvalue weighted by Crippen LogP contribution is 2.35. The minimum Gasteiger partial charge on any atom is -0.489 e. The lowest BCUT2D eigenvalue weighted by Gasteiger charge is -2.16. The molecule has 0 bridgehead atoms. The molecular weight excluding hydrogens is 449 g/mol. The molecule has 0 spiro atoms. The van der Waals surface area contributed by atoms with Crippen molar-refractivity contribution in [1.82, 2.24) is 29.6 Å². The van der Waals surface area contributed by atoms with Gasteiger partial charge in [-0.3, -0.25) is 4.68 Å². The number of aryl methyl sites for hydroxylation is 5. The Morgan fingerprint density at radius 1 is 0.941 bits per heavy atom. The summed E-state index contributed by atoms with van der Waals surface area (Å²) < 4.78 is 48.8. The Bertz CT molecular complexity index is 1430. The lowest BCUT2D eigenvalue weighted by atomic mass is 10.0. The van der Waals surface area contributed by atoms with Crippen molar-refractivity contribution in [2.75, 3.05) is 0 Å². The zero-order valence-electron chi connectivity index (χ0n) is 19.3. The van der Waals surface area contributed by atoms with Crippen LogP contribution in [0.1, 0.15) is 27.9 Å². The fourth-order valence-electron chi connectivity index (χ4n) is 3.77. The summed E-state index contributed by atoms with van der Waals surface area (Å²) in [6.45, 7) is 5.68. The maximum Gasteiger partial charge on any atom is 0.433 e. The molecule has 0 aliphatic rings. The zero-order valence-corrected chi connectivity index (χ0v) is 19.3. The van der Waals surface area contributed by atoms with Gasteiger partial charge in [0.1, 0.15) is 18.1 Å². The number of alkyl halides is 3. The van der Waals surface area contributed by atoms with Gasteiger partial charge in [-0.1, -0.05) is 12.1 Å². The molecule has 0 unspecified atom stereocenters. The second-order valence-corrected chi connectivity index (χ2v) is 8.13. The highest BCUT2D eigenvalue weighted by Gasteiger charge is 2.35. The van der Waals surface area contributed by atoms with Crippen LogP contribution in [0.2, 0.25) is 0 Å². The molecule has 34 heavy (non-hydrogen) atoms. The second kappa shape index (κ2) is 8.47. The molecule has 4 aromatic rings. The summed E-state index contributed by atoms with van der Waals surface area (Å²) in [6, 6.07) is 10.1. The number of rotatable bonds is 5. The SMILES string of the molecule is Cc1cc(-c2cc(C(F)(F)F)n(C)n2)c(C)cc1OCc1c(C)cccc1-n1nnn(C)c1=O. The van der Waals surface area contributed by atoms with E-state index in [-0.39, 0.29) is 18.0 Å². The Kier molecular flexibility index (Phi) is 5.80. The molecule has 11 heteroatoms. The first kappa shape index (κ1) is 23.3. The molecule has 0 radical (unpaired) electrons. The molecule has 0 fully saturated rings. The van der Waals surface area contributed by atoms with Crippen LogP contribution in [0.3, 0.4) is 0 Å². The van der Waals surface area contributed by atoms with Gasteiger partial charge in [0.15, 0.2) is 0 Å². The van der Waals surface area contributed by atoms with Gasteiger partial charge < -0.3 is 4.74 Å². The van der Waals surface area contributed by atoms with Gasteiger partial charge in [0.25, 0.3) is 0 Å². The summed E-state index contributed by atoms with van der Waals surface area (Å²) in [5, 5.41) is 11.7. The topological polar surface area (TPSA) is 79.8 Å². The van der Waals surface area contributed by atoms with Crippen molar-refractivity contribution in [3.8, 4) is 22.7 Å². The quantitative estimate of drug-likeness (QED) is 0.440. The van der Waals surface area contributed by atoms with E-state index in [1.165, 1.54) is 18.8 Å². The number of ether oxygens (including phenoxy) is 1. The Labute approximate surface area is 193 Å². The highest BCUT2D eigenvalue weighted by atomic mass is 19.4. The molecular formula is C23H23F3N6O2. The molecule has 0 saturated carbocycles. The van der Waals surface area contributed by atoms with Gasteiger partial charge in [-0.25, -0.2) is 4.79 Å². The Hall–Kier alpha value is -3.89. The molecule has 2 aromatic heterocycles. The predicted molar refractivity (Wildman–Crippen MR) is 119 cm³/mol. The number of aromatic nitrogens is 6. The fraction of sp³-hybridized carbons (Fsp3) is 0.304. The first-order chi connectivity index (χ1) is 16.0. The number of nitrogens with zero attached hydrogens (tertiary/aromatic N) is 6. The van der Waals surface area contributed by atoms with Crippen LogP contribution in [0.25, 0.3) is 16.9 Å². The number of benzene rings is 2. The molecule has 8 nitrogen and oxygen atoms in total. The number of hydrogen-bond acceptors (Lipinski definition) is 5. The fourth-order valence-corrected chi connectivity index (χ4v) is 3.77. The summed E-state index contributed by atoms with van der Waals surface area (Å²) in [6.07, 6.45) is -4.48. The molecule has 4 rings (SSSR count). The third-order valence-electron chi connectivity index (χ3n) is 5.68. The summed E-state index contributed by atoms with van der Waals surface area (Å²) in [5.41, 5.74) is 3.36. The lowest BCUT2D eigenvalue weighted by molar-refractivity contribution is -0.143. The van der Waals surface area contributed by atoms with Crippen molar-refractivity contribution in [3.05, 3.63) is 74.8 Å². The van der Waals surface area contributed by atoms with Gasteiger partial charge in [0.2, 0.25) is 0 Å². The highest BCUT2D eigenvalue weighted by molar-refractivity contribution is 5.67. The van der Waals surface area contributed by atoms with Gasteiger partial charge in [-0.15, -0.1) is 0 Å². The second-order valence-electron chi connectivity index (χ2n) is 8.13. The minimum atomic E-state index is -4.48. The average Bonchev–Trinajstić information content (AvgIpc) is 3.31. The van der Waals surface area contributed by atoms with E-state index in [4.69, 9.17) is 4.74 Å². The molecule has 0 N–H and O–H groups in total. The third-order valence-corrected chi connectivity index (χ3v) is 5.68. The van der Waals surface area contributed by atoms with Crippen LogP contribution in [0.4, 0.5) is 13.2 Å². The molecule has 0 atom stereocenters. The minimum absolute atomic E-state index is 0.159. The summed E-state index contributed by atoms with van der Waals surface area (Å²) in [5.74, 6) is 0.578. The van der Waals surface area contributed by atoms with E-state index in [1.807, 2.05) is 26.0 Å². The lowest BCUT2D eigenvalue weighted by Crippen LogP contribution is -2.23. The van der Waals surface area contributed by atoms with E-state index < -0.39 is 11.9 Å². The number of halogens is 3. The van der Waals surface area contributed by atoms with E-state index in [2.05, 4.69) is 15.5 Å². The molecule has 2 heterocycles. The molecule has 178 valence electrons. The Morgan fingerprint density at radius 3 is 2.29 bits per heavy atom. The van der Waals surface area contributed by atoms with Crippen LogP contribution in [-0.2, 0) is 26.9 Å². The van der Waals surface area contributed by atoms with E-state index in [1.54, 1.807) is 25.1 Å². The van der Waals surface area contributed by atoms with Crippen LogP contribution >= 0.6 is 0 Å². The van der Waals surface area contributed by atoms with Crippen LogP contribution in [0, 0.1) is 20.8 Å². The van der Waals surface area contributed by atoms with Crippen LogP contribution < -0.4 is 10.4 Å². The van der Waals surface area contributed by atoms with Crippen molar-refractivity contribution < 1.29 is 17.9 Å². The molecule has 0 aliphatic carbocycles. The normalized spacial score (nSPS) is 11.8. The van der Waals surface area contributed by atoms with Crippen molar-refractivity contribution in [3.63, 3.8) is 0 Å². The van der Waals surface area contributed by atoms with Gasteiger partial charge in [0, 0.05) is 25.2 Å². The van der Waals surface area contributed by atoms with Gasteiger partial charge >= 0.3 is 11.9 Å². The van der Waals surface area contributed by atoms with Gasteiger partial charge in [-0.2, -0.15) is 27.6 Å². The number of tetrazole rings is 1. The largest absolute Gasteiger partial charge is 0.489 e.